The molecule has 1 atom stereocenters. The van der Waals surface area contributed by atoms with Gasteiger partial charge in [0.25, 0.3) is 0 Å². The minimum atomic E-state index is -0.704. The van der Waals surface area contributed by atoms with E-state index in [1.165, 1.54) is 0 Å². The maximum atomic E-state index is 9.99. The third-order valence-corrected chi connectivity index (χ3v) is 2.30. The lowest BCUT2D eigenvalue weighted by Gasteiger charge is -2.22. The van der Waals surface area contributed by atoms with E-state index in [9.17, 15) is 5.11 Å². The van der Waals surface area contributed by atoms with Gasteiger partial charge in [-0.1, -0.05) is 30.3 Å². The summed E-state index contributed by atoms with van der Waals surface area (Å²) in [4.78, 5) is 0. The average molecular weight is 194 g/mol. The predicted molar refractivity (Wildman–Crippen MR) is 57.1 cm³/mol. The van der Waals surface area contributed by atoms with Gasteiger partial charge >= 0.3 is 0 Å². The highest BCUT2D eigenvalue weighted by atomic mass is 16.3. The summed E-state index contributed by atoms with van der Waals surface area (Å²) in [6.45, 7) is 1.96. The first-order chi connectivity index (χ1) is 6.64. The minimum absolute atomic E-state index is 0.144. The van der Waals surface area contributed by atoms with Gasteiger partial charge in [0.1, 0.15) is 0 Å². The van der Waals surface area contributed by atoms with Gasteiger partial charge in [-0.15, -0.1) is 0 Å². The molecule has 1 aromatic rings. The molecular weight excluding hydrogens is 176 g/mol. The van der Waals surface area contributed by atoms with Crippen molar-refractivity contribution in [3.63, 3.8) is 0 Å². The van der Waals surface area contributed by atoms with E-state index in [4.69, 9.17) is 5.11 Å². The largest absolute Gasteiger partial charge is 0.396 e. The minimum Gasteiger partial charge on any atom is -0.396 e. The van der Waals surface area contributed by atoms with E-state index in [1.54, 1.807) is 0 Å². The highest BCUT2D eigenvalue weighted by Crippen LogP contribution is 2.18. The van der Waals surface area contributed by atoms with E-state index in [0.29, 0.717) is 19.3 Å². The fraction of sp³-hybridized carbons (Fsp3) is 0.500. The SMILES string of the molecule is CC(O)(CCCO)Cc1ccccc1. The second-order valence-corrected chi connectivity index (χ2v) is 3.99. The van der Waals surface area contributed by atoms with Crippen LogP contribution in [0.25, 0.3) is 0 Å². The molecule has 1 unspecified atom stereocenters. The van der Waals surface area contributed by atoms with Gasteiger partial charge in [0.05, 0.1) is 5.60 Å². The van der Waals surface area contributed by atoms with Gasteiger partial charge < -0.3 is 10.2 Å². The van der Waals surface area contributed by atoms with Crippen LogP contribution in [0.1, 0.15) is 25.3 Å². The Balaban J connectivity index is 2.50. The van der Waals surface area contributed by atoms with E-state index >= 15 is 0 Å². The van der Waals surface area contributed by atoms with E-state index < -0.39 is 5.60 Å². The smallest absolute Gasteiger partial charge is 0.0660 e. The van der Waals surface area contributed by atoms with Crippen molar-refractivity contribution >= 4 is 0 Å². The molecule has 0 heterocycles. The number of aliphatic hydroxyl groups is 2. The van der Waals surface area contributed by atoms with Crippen molar-refractivity contribution < 1.29 is 10.2 Å². The van der Waals surface area contributed by atoms with Crippen molar-refractivity contribution in [3.05, 3.63) is 35.9 Å². The number of hydrogen-bond donors (Lipinski definition) is 2. The molecule has 0 aliphatic heterocycles. The number of aliphatic hydroxyl groups excluding tert-OH is 1. The van der Waals surface area contributed by atoms with Crippen LogP contribution >= 0.6 is 0 Å². The van der Waals surface area contributed by atoms with Crippen molar-refractivity contribution in [2.24, 2.45) is 0 Å². The quantitative estimate of drug-likeness (QED) is 0.749. The number of hydrogen-bond acceptors (Lipinski definition) is 2. The lowest BCUT2D eigenvalue weighted by atomic mass is 9.92. The molecule has 2 N–H and O–H groups in total. The molecule has 14 heavy (non-hydrogen) atoms. The van der Waals surface area contributed by atoms with Crippen LogP contribution in [-0.2, 0) is 6.42 Å². The normalized spacial score (nSPS) is 15.1. The van der Waals surface area contributed by atoms with Gasteiger partial charge in [-0.2, -0.15) is 0 Å². The van der Waals surface area contributed by atoms with Crippen molar-refractivity contribution in [2.75, 3.05) is 6.61 Å². The third kappa shape index (κ3) is 3.90. The van der Waals surface area contributed by atoms with Gasteiger partial charge in [-0.25, -0.2) is 0 Å². The Labute approximate surface area is 85.2 Å². The summed E-state index contributed by atoms with van der Waals surface area (Å²) >= 11 is 0. The van der Waals surface area contributed by atoms with Gasteiger partial charge in [-0.05, 0) is 25.3 Å². The topological polar surface area (TPSA) is 40.5 Å². The Hall–Kier alpha value is -0.860. The van der Waals surface area contributed by atoms with Crippen molar-refractivity contribution in [3.8, 4) is 0 Å². The van der Waals surface area contributed by atoms with Crippen LogP contribution in [0.4, 0.5) is 0 Å². The Morgan fingerprint density at radius 3 is 2.43 bits per heavy atom. The van der Waals surface area contributed by atoms with Gasteiger partial charge in [-0.3, -0.25) is 0 Å². The summed E-state index contributed by atoms with van der Waals surface area (Å²) in [7, 11) is 0. The van der Waals surface area contributed by atoms with E-state index in [2.05, 4.69) is 0 Å². The zero-order valence-corrected chi connectivity index (χ0v) is 8.61. The molecule has 0 fully saturated rings. The number of rotatable bonds is 5. The Kier molecular flexibility index (Phi) is 4.11. The summed E-state index contributed by atoms with van der Waals surface area (Å²) in [6.07, 6.45) is 1.94. The van der Waals surface area contributed by atoms with E-state index in [1.807, 2.05) is 37.3 Å². The second-order valence-electron chi connectivity index (χ2n) is 3.99. The summed E-state index contributed by atoms with van der Waals surface area (Å²) in [5.74, 6) is 0. The Bertz CT molecular complexity index is 254. The lowest BCUT2D eigenvalue weighted by molar-refractivity contribution is 0.0440. The van der Waals surface area contributed by atoms with Crippen LogP contribution in [0, 0.1) is 0 Å². The molecule has 0 aliphatic rings. The molecule has 0 radical (unpaired) electrons. The molecular formula is C12H18O2. The van der Waals surface area contributed by atoms with Crippen LogP contribution < -0.4 is 0 Å². The van der Waals surface area contributed by atoms with E-state index in [-0.39, 0.29) is 6.61 Å². The maximum absolute atomic E-state index is 9.99. The van der Waals surface area contributed by atoms with Crippen molar-refractivity contribution in [2.45, 2.75) is 31.8 Å². The molecule has 0 saturated heterocycles. The zero-order chi connectivity index (χ0) is 10.4. The first kappa shape index (κ1) is 11.2. The van der Waals surface area contributed by atoms with Crippen molar-refractivity contribution in [1.82, 2.24) is 0 Å². The lowest BCUT2D eigenvalue weighted by Crippen LogP contribution is -2.27. The summed E-state index contributed by atoms with van der Waals surface area (Å²) in [6, 6.07) is 9.92. The molecule has 1 aromatic carbocycles. The molecule has 0 spiro atoms. The Morgan fingerprint density at radius 2 is 1.86 bits per heavy atom. The summed E-state index contributed by atoms with van der Waals surface area (Å²) in [5, 5.41) is 18.7. The summed E-state index contributed by atoms with van der Waals surface area (Å²) in [5.41, 5.74) is 0.430. The second kappa shape index (κ2) is 5.13. The van der Waals surface area contributed by atoms with Crippen LogP contribution in [0.3, 0.4) is 0 Å². The molecule has 0 aromatic heterocycles. The third-order valence-electron chi connectivity index (χ3n) is 2.30. The fourth-order valence-electron chi connectivity index (χ4n) is 1.58. The van der Waals surface area contributed by atoms with Crippen LogP contribution in [0.15, 0.2) is 30.3 Å². The standard InChI is InChI=1S/C12H18O2/c1-12(14,8-5-9-13)10-11-6-3-2-4-7-11/h2-4,6-7,13-14H,5,8-10H2,1H3. The zero-order valence-electron chi connectivity index (χ0n) is 8.61. The highest BCUT2D eigenvalue weighted by Gasteiger charge is 2.19. The van der Waals surface area contributed by atoms with E-state index in [0.717, 1.165) is 5.56 Å². The summed E-state index contributed by atoms with van der Waals surface area (Å²) < 4.78 is 0. The molecule has 0 amide bonds. The monoisotopic (exact) mass is 194 g/mol. The fourth-order valence-corrected chi connectivity index (χ4v) is 1.58. The van der Waals surface area contributed by atoms with Crippen LogP contribution in [-0.4, -0.2) is 22.4 Å². The molecule has 78 valence electrons. The molecule has 2 nitrogen and oxygen atoms in total. The van der Waals surface area contributed by atoms with Crippen molar-refractivity contribution in [1.29, 1.82) is 0 Å². The average Bonchev–Trinajstić information content (AvgIpc) is 2.16. The molecule has 0 bridgehead atoms. The van der Waals surface area contributed by atoms with Gasteiger partial charge in [0, 0.05) is 13.0 Å². The maximum Gasteiger partial charge on any atom is 0.0660 e. The Morgan fingerprint density at radius 1 is 1.21 bits per heavy atom. The van der Waals surface area contributed by atoms with Gasteiger partial charge in [0.2, 0.25) is 0 Å². The molecule has 2 heteroatoms. The first-order valence-electron chi connectivity index (χ1n) is 5.01. The van der Waals surface area contributed by atoms with Crippen LogP contribution in [0.2, 0.25) is 0 Å². The highest BCUT2D eigenvalue weighted by molar-refractivity contribution is 5.16. The van der Waals surface area contributed by atoms with Gasteiger partial charge in [0.15, 0.2) is 0 Å². The molecule has 0 saturated carbocycles. The predicted octanol–water partition coefficient (Wildman–Crippen LogP) is 1.75. The molecule has 1 rings (SSSR count). The molecule has 0 aliphatic carbocycles. The number of benzene rings is 1. The van der Waals surface area contributed by atoms with Crippen LogP contribution in [0.5, 0.6) is 0 Å². The first-order valence-corrected chi connectivity index (χ1v) is 5.01.